The van der Waals surface area contributed by atoms with Gasteiger partial charge < -0.3 is 14.6 Å². The molecule has 8 nitrogen and oxygen atoms in total. The molecule has 1 amide bonds. The minimum Gasteiger partial charge on any atom is -0.495 e. The lowest BCUT2D eigenvalue weighted by atomic mass is 10.1. The number of imidazole rings is 1. The molecular formula is C27H27ClN4O4S. The minimum atomic E-state index is -4.07. The molecule has 3 aromatic carbocycles. The molecule has 37 heavy (non-hydrogen) atoms. The van der Waals surface area contributed by atoms with Crippen LogP contribution < -0.4 is 14.4 Å². The number of hydrogen-bond donors (Lipinski definition) is 1. The van der Waals surface area contributed by atoms with E-state index in [0.29, 0.717) is 5.75 Å². The highest BCUT2D eigenvalue weighted by molar-refractivity contribution is 7.92. The molecule has 4 aromatic rings. The van der Waals surface area contributed by atoms with Crippen molar-refractivity contribution in [1.82, 2.24) is 14.9 Å². The molecule has 1 aromatic heterocycles. The third kappa shape index (κ3) is 5.79. The molecule has 192 valence electrons. The highest BCUT2D eigenvalue weighted by Gasteiger charge is 2.28. The first kappa shape index (κ1) is 26.2. The number of para-hydroxylation sites is 1. The molecule has 0 aliphatic carbocycles. The van der Waals surface area contributed by atoms with Crippen LogP contribution in [0.2, 0.25) is 5.02 Å². The Kier molecular flexibility index (Phi) is 7.85. The summed E-state index contributed by atoms with van der Waals surface area (Å²) in [5.74, 6) is 0.735. The number of nitrogens with one attached hydrogen (secondary N) is 1. The topological polar surface area (TPSA) is 93.5 Å². The van der Waals surface area contributed by atoms with Crippen LogP contribution in [0.25, 0.3) is 5.69 Å². The minimum absolute atomic E-state index is 0.0683. The Morgan fingerprint density at radius 1 is 1.08 bits per heavy atom. The van der Waals surface area contributed by atoms with E-state index in [2.05, 4.69) is 10.3 Å². The van der Waals surface area contributed by atoms with Gasteiger partial charge in [-0.15, -0.1) is 0 Å². The van der Waals surface area contributed by atoms with E-state index in [1.165, 1.54) is 25.3 Å². The molecule has 10 heteroatoms. The van der Waals surface area contributed by atoms with E-state index in [4.69, 9.17) is 16.3 Å². The van der Waals surface area contributed by atoms with Gasteiger partial charge in [-0.05, 0) is 55.8 Å². The van der Waals surface area contributed by atoms with E-state index >= 15 is 0 Å². The summed E-state index contributed by atoms with van der Waals surface area (Å²) in [6, 6.07) is 18.7. The molecule has 1 heterocycles. The third-order valence-corrected chi connectivity index (χ3v) is 7.96. The lowest BCUT2D eigenvalue weighted by Crippen LogP contribution is -2.40. The smallest absolute Gasteiger partial charge is 0.264 e. The summed E-state index contributed by atoms with van der Waals surface area (Å²) in [7, 11) is -2.60. The maximum Gasteiger partial charge on any atom is 0.264 e. The van der Waals surface area contributed by atoms with Crippen LogP contribution in [0.3, 0.4) is 0 Å². The number of aromatic nitrogens is 2. The van der Waals surface area contributed by atoms with Crippen molar-refractivity contribution in [1.29, 1.82) is 0 Å². The lowest BCUT2D eigenvalue weighted by Gasteiger charge is -2.25. The Hall–Kier alpha value is -3.82. The number of rotatable bonds is 9. The van der Waals surface area contributed by atoms with Gasteiger partial charge in [0, 0.05) is 18.9 Å². The first-order chi connectivity index (χ1) is 17.7. The quantitative estimate of drug-likeness (QED) is 0.334. The molecule has 0 radical (unpaired) electrons. The predicted octanol–water partition coefficient (Wildman–Crippen LogP) is 4.66. The SMILES string of the molecule is COc1ccc(N(CC(=O)NCc2ccccc2-n2ccnc2C)S(=O)(=O)c2ccc(C)cc2)cc1Cl. The second-order valence-corrected chi connectivity index (χ2v) is 10.7. The first-order valence-electron chi connectivity index (χ1n) is 11.5. The van der Waals surface area contributed by atoms with Crippen molar-refractivity contribution in [3.8, 4) is 11.4 Å². The number of aryl methyl sites for hydroxylation is 2. The number of methoxy groups -OCH3 is 1. The van der Waals surface area contributed by atoms with Crippen molar-refractivity contribution in [2.75, 3.05) is 18.0 Å². The van der Waals surface area contributed by atoms with E-state index in [0.717, 1.165) is 26.9 Å². The number of amides is 1. The summed E-state index contributed by atoms with van der Waals surface area (Å²) in [4.78, 5) is 17.4. The number of hydrogen-bond acceptors (Lipinski definition) is 5. The van der Waals surface area contributed by atoms with E-state index in [1.807, 2.05) is 48.9 Å². The molecule has 0 saturated heterocycles. The summed E-state index contributed by atoms with van der Waals surface area (Å²) in [5, 5.41) is 3.09. The Morgan fingerprint density at radius 3 is 2.46 bits per heavy atom. The summed E-state index contributed by atoms with van der Waals surface area (Å²) in [5.41, 5.74) is 2.90. The molecule has 0 unspecified atom stereocenters. The van der Waals surface area contributed by atoms with Crippen molar-refractivity contribution in [3.63, 3.8) is 0 Å². The zero-order valence-corrected chi connectivity index (χ0v) is 22.3. The predicted molar refractivity (Wildman–Crippen MR) is 144 cm³/mol. The van der Waals surface area contributed by atoms with Gasteiger partial charge in [0.15, 0.2) is 0 Å². The lowest BCUT2D eigenvalue weighted by molar-refractivity contribution is -0.119. The van der Waals surface area contributed by atoms with E-state index < -0.39 is 22.5 Å². The average Bonchev–Trinajstić information content (AvgIpc) is 3.32. The summed E-state index contributed by atoms with van der Waals surface area (Å²) < 4.78 is 35.4. The fourth-order valence-corrected chi connectivity index (χ4v) is 5.54. The van der Waals surface area contributed by atoms with Gasteiger partial charge in [-0.1, -0.05) is 47.5 Å². The highest BCUT2D eigenvalue weighted by atomic mass is 35.5. The molecule has 0 spiro atoms. The van der Waals surface area contributed by atoms with Crippen molar-refractivity contribution in [2.45, 2.75) is 25.3 Å². The van der Waals surface area contributed by atoms with Gasteiger partial charge in [0.2, 0.25) is 5.91 Å². The van der Waals surface area contributed by atoms with Crippen LogP contribution in [0.15, 0.2) is 84.0 Å². The van der Waals surface area contributed by atoms with Crippen molar-refractivity contribution in [3.05, 3.63) is 101 Å². The van der Waals surface area contributed by atoms with Crippen LogP contribution in [0.5, 0.6) is 5.75 Å². The summed E-state index contributed by atoms with van der Waals surface area (Å²) in [6.45, 7) is 3.52. The third-order valence-electron chi connectivity index (χ3n) is 5.87. The zero-order valence-electron chi connectivity index (χ0n) is 20.7. The standard InChI is InChI=1S/C27H27ClN4O4S/c1-19-8-11-23(12-9-19)37(34,35)32(22-10-13-26(36-3)24(28)16-22)18-27(33)30-17-21-6-4-5-7-25(21)31-15-14-29-20(31)2/h4-16H,17-18H2,1-3H3,(H,30,33). The van der Waals surface area contributed by atoms with Gasteiger partial charge in [-0.25, -0.2) is 13.4 Å². The Labute approximate surface area is 221 Å². The fraction of sp³-hybridized carbons (Fsp3) is 0.185. The second-order valence-electron chi connectivity index (χ2n) is 8.39. The number of ether oxygens (including phenoxy) is 1. The zero-order chi connectivity index (χ0) is 26.6. The largest absolute Gasteiger partial charge is 0.495 e. The van der Waals surface area contributed by atoms with Gasteiger partial charge in [-0.2, -0.15) is 0 Å². The summed E-state index contributed by atoms with van der Waals surface area (Å²) >= 11 is 6.29. The van der Waals surface area contributed by atoms with Crippen LogP contribution in [0, 0.1) is 13.8 Å². The van der Waals surface area contributed by atoms with Gasteiger partial charge in [0.1, 0.15) is 18.1 Å². The second kappa shape index (κ2) is 11.1. The van der Waals surface area contributed by atoms with E-state index in [-0.39, 0.29) is 22.2 Å². The number of carbonyl (C=O) groups is 1. The molecule has 0 aliphatic heterocycles. The normalized spacial score (nSPS) is 11.2. The number of halogens is 1. The van der Waals surface area contributed by atoms with E-state index in [9.17, 15) is 13.2 Å². The molecule has 4 rings (SSSR count). The van der Waals surface area contributed by atoms with Crippen LogP contribution in [-0.4, -0.2) is 37.5 Å². The highest BCUT2D eigenvalue weighted by Crippen LogP contribution is 2.32. The number of carbonyl (C=O) groups excluding carboxylic acids is 1. The van der Waals surface area contributed by atoms with Crippen molar-refractivity contribution < 1.29 is 17.9 Å². The molecule has 0 aliphatic rings. The van der Waals surface area contributed by atoms with Gasteiger partial charge >= 0.3 is 0 Å². The van der Waals surface area contributed by atoms with Crippen molar-refractivity contribution in [2.24, 2.45) is 0 Å². The van der Waals surface area contributed by atoms with Gasteiger partial charge in [0.05, 0.1) is 28.4 Å². The number of anilines is 1. The maximum atomic E-state index is 13.6. The monoisotopic (exact) mass is 538 g/mol. The number of sulfonamides is 1. The van der Waals surface area contributed by atoms with Crippen LogP contribution in [0.4, 0.5) is 5.69 Å². The van der Waals surface area contributed by atoms with Gasteiger partial charge in [-0.3, -0.25) is 9.10 Å². The number of nitrogens with zero attached hydrogens (tertiary/aromatic N) is 3. The van der Waals surface area contributed by atoms with Gasteiger partial charge in [0.25, 0.3) is 10.0 Å². The molecule has 0 atom stereocenters. The van der Waals surface area contributed by atoms with Crippen molar-refractivity contribution >= 4 is 33.2 Å². The molecule has 0 saturated carbocycles. The van der Waals surface area contributed by atoms with Crippen LogP contribution in [-0.2, 0) is 21.4 Å². The fourth-order valence-electron chi connectivity index (χ4n) is 3.87. The van der Waals surface area contributed by atoms with E-state index in [1.54, 1.807) is 30.5 Å². The Bertz CT molecular complexity index is 1520. The molecular weight excluding hydrogens is 512 g/mol. The molecule has 0 bridgehead atoms. The number of benzene rings is 3. The first-order valence-corrected chi connectivity index (χ1v) is 13.3. The Morgan fingerprint density at radius 2 is 1.81 bits per heavy atom. The van der Waals surface area contributed by atoms with Crippen LogP contribution >= 0.6 is 11.6 Å². The maximum absolute atomic E-state index is 13.6. The van der Waals surface area contributed by atoms with Crippen LogP contribution in [0.1, 0.15) is 17.0 Å². The Balaban J connectivity index is 1.61. The molecule has 0 fully saturated rings. The average molecular weight is 539 g/mol. The molecule has 1 N–H and O–H groups in total. The summed E-state index contributed by atoms with van der Waals surface area (Å²) in [6.07, 6.45) is 3.55.